The van der Waals surface area contributed by atoms with Gasteiger partial charge in [0.05, 0.1) is 17.0 Å². The third-order valence-corrected chi connectivity index (χ3v) is 6.52. The molecule has 2 N–H and O–H groups in total. The Bertz CT molecular complexity index is 1320. The highest BCUT2D eigenvalue weighted by Crippen LogP contribution is 2.32. The predicted molar refractivity (Wildman–Crippen MR) is 129 cm³/mol. The second-order valence-electron chi connectivity index (χ2n) is 8.94. The van der Waals surface area contributed by atoms with E-state index in [1.807, 2.05) is 0 Å². The molecule has 0 spiro atoms. The molecule has 1 aliphatic heterocycles. The van der Waals surface area contributed by atoms with E-state index in [2.05, 4.69) is 20.3 Å². The number of aryl methyl sites for hydroxylation is 1. The van der Waals surface area contributed by atoms with E-state index >= 15 is 0 Å². The average Bonchev–Trinajstić information content (AvgIpc) is 2.83. The first kappa shape index (κ1) is 25.6. The van der Waals surface area contributed by atoms with Crippen molar-refractivity contribution < 1.29 is 22.7 Å². The van der Waals surface area contributed by atoms with Gasteiger partial charge in [-0.15, -0.1) is 0 Å². The fraction of sp³-hybridized carbons (Fsp3) is 0.440. The predicted octanol–water partition coefficient (Wildman–Crippen LogP) is 4.23. The second-order valence-corrected chi connectivity index (χ2v) is 8.94. The molecule has 0 bridgehead atoms. The third-order valence-electron chi connectivity index (χ3n) is 6.52. The summed E-state index contributed by atoms with van der Waals surface area (Å²) >= 11 is 0. The molecule has 3 heterocycles. The summed E-state index contributed by atoms with van der Waals surface area (Å²) in [5, 5.41) is 3.64. The number of ether oxygens (including phenoxy) is 1. The Morgan fingerprint density at radius 1 is 1.25 bits per heavy atom. The number of hydrogen-bond donors (Lipinski definition) is 2. The van der Waals surface area contributed by atoms with Crippen LogP contribution in [0.2, 0.25) is 0 Å². The molecule has 1 fully saturated rings. The van der Waals surface area contributed by atoms with Gasteiger partial charge in [0.15, 0.2) is 0 Å². The van der Waals surface area contributed by atoms with Crippen LogP contribution in [0.5, 0.6) is 0 Å². The summed E-state index contributed by atoms with van der Waals surface area (Å²) in [4.78, 5) is 38.3. The van der Waals surface area contributed by atoms with Crippen molar-refractivity contribution >= 4 is 22.8 Å². The molecule has 0 saturated carbocycles. The number of nitrogens with one attached hydrogen (secondary N) is 2. The molecule has 1 amide bonds. The number of aromatic nitrogens is 3. The molecule has 1 unspecified atom stereocenters. The van der Waals surface area contributed by atoms with Gasteiger partial charge in [0.1, 0.15) is 29.7 Å². The van der Waals surface area contributed by atoms with Crippen LogP contribution >= 0.6 is 0 Å². The first-order chi connectivity index (χ1) is 17.2. The van der Waals surface area contributed by atoms with E-state index in [0.717, 1.165) is 6.07 Å². The van der Waals surface area contributed by atoms with Gasteiger partial charge in [-0.25, -0.2) is 23.1 Å². The van der Waals surface area contributed by atoms with Gasteiger partial charge in [-0.3, -0.25) is 9.59 Å². The van der Waals surface area contributed by atoms with Crippen molar-refractivity contribution in [3.05, 3.63) is 63.0 Å². The van der Waals surface area contributed by atoms with Crippen LogP contribution in [0, 0.1) is 12.7 Å². The molecule has 36 heavy (non-hydrogen) atoms. The van der Waals surface area contributed by atoms with Gasteiger partial charge in [-0.1, -0.05) is 18.2 Å². The molecule has 8 nitrogen and oxygen atoms in total. The fourth-order valence-electron chi connectivity index (χ4n) is 4.64. The van der Waals surface area contributed by atoms with Crippen LogP contribution in [-0.2, 0) is 9.53 Å². The van der Waals surface area contributed by atoms with E-state index < -0.39 is 23.8 Å². The number of alkyl halides is 2. The molecule has 192 valence electrons. The highest BCUT2D eigenvalue weighted by Gasteiger charge is 2.26. The van der Waals surface area contributed by atoms with Gasteiger partial charge < -0.3 is 19.9 Å². The lowest BCUT2D eigenvalue weighted by atomic mass is 9.89. The number of pyridine rings is 1. The molecule has 0 aliphatic carbocycles. The molecule has 4 rings (SSSR count). The summed E-state index contributed by atoms with van der Waals surface area (Å²) in [5.74, 6) is -0.386. The Labute approximate surface area is 205 Å². The Morgan fingerprint density at radius 2 is 1.94 bits per heavy atom. The first-order valence-corrected chi connectivity index (χ1v) is 11.7. The van der Waals surface area contributed by atoms with Crippen molar-refractivity contribution in [2.75, 3.05) is 32.1 Å². The topological polar surface area (TPSA) is 100 Å². The molecule has 2 aromatic heterocycles. The number of aromatic amines is 1. The van der Waals surface area contributed by atoms with Gasteiger partial charge in [0, 0.05) is 31.3 Å². The molecule has 11 heteroatoms. The van der Waals surface area contributed by atoms with Crippen LogP contribution in [0.3, 0.4) is 0 Å². The summed E-state index contributed by atoms with van der Waals surface area (Å²) in [6, 6.07) is 4.94. The van der Waals surface area contributed by atoms with Crippen molar-refractivity contribution in [1.82, 2.24) is 19.9 Å². The molecule has 1 atom stereocenters. The van der Waals surface area contributed by atoms with Crippen LogP contribution in [0.1, 0.15) is 60.7 Å². The number of carbonyl (C=O) groups excluding carboxylic acids is 1. The Hall–Kier alpha value is -3.47. The number of hydrogen-bond acceptors (Lipinski definition) is 6. The number of piperidine rings is 1. The van der Waals surface area contributed by atoms with Crippen LogP contribution in [0.4, 0.5) is 19.0 Å². The number of nitrogens with zero attached hydrogens (tertiary/aromatic N) is 3. The molecule has 1 aliphatic rings. The fourth-order valence-corrected chi connectivity index (χ4v) is 4.64. The SMILES string of the molecule is COCC(=O)N1CCC(c2cc3c(NC(C)c4cccc(C(F)F)c4F)nc(C)nc3[nH]c2=O)CC1. The number of anilines is 1. The van der Waals surface area contributed by atoms with E-state index in [-0.39, 0.29) is 29.6 Å². The Morgan fingerprint density at radius 3 is 2.61 bits per heavy atom. The number of amides is 1. The smallest absolute Gasteiger partial charge is 0.266 e. The number of methoxy groups -OCH3 is 1. The number of rotatable bonds is 7. The summed E-state index contributed by atoms with van der Waals surface area (Å²) in [5.41, 5.74) is 0.0227. The highest BCUT2D eigenvalue weighted by molar-refractivity contribution is 5.87. The largest absolute Gasteiger partial charge is 0.375 e. The van der Waals surface area contributed by atoms with E-state index in [9.17, 15) is 22.8 Å². The molecule has 3 aromatic rings. The van der Waals surface area contributed by atoms with E-state index in [1.54, 1.807) is 24.8 Å². The molecule has 0 radical (unpaired) electrons. The van der Waals surface area contributed by atoms with Crippen LogP contribution in [0.25, 0.3) is 11.0 Å². The zero-order valence-electron chi connectivity index (χ0n) is 20.3. The molecular weight excluding hydrogens is 475 g/mol. The summed E-state index contributed by atoms with van der Waals surface area (Å²) in [6.45, 7) is 4.35. The quantitative estimate of drug-likeness (QED) is 0.501. The lowest BCUT2D eigenvalue weighted by Gasteiger charge is -2.31. The zero-order valence-corrected chi connectivity index (χ0v) is 20.3. The highest BCUT2D eigenvalue weighted by atomic mass is 19.3. The normalized spacial score (nSPS) is 15.5. The zero-order chi connectivity index (χ0) is 26.0. The van der Waals surface area contributed by atoms with E-state index in [0.29, 0.717) is 54.2 Å². The van der Waals surface area contributed by atoms with Crippen LogP contribution < -0.4 is 10.9 Å². The monoisotopic (exact) mass is 503 g/mol. The summed E-state index contributed by atoms with van der Waals surface area (Å²) in [7, 11) is 1.47. The second kappa shape index (κ2) is 10.7. The Balaban J connectivity index is 1.64. The maximum Gasteiger partial charge on any atom is 0.266 e. The van der Waals surface area contributed by atoms with Crippen molar-refractivity contribution in [2.24, 2.45) is 0 Å². The molecular formula is C25H28F3N5O3. The number of fused-ring (bicyclic) bond motifs is 1. The maximum atomic E-state index is 14.7. The minimum atomic E-state index is -2.93. The molecule has 1 saturated heterocycles. The van der Waals surface area contributed by atoms with E-state index in [1.165, 1.54) is 19.2 Å². The molecule has 1 aromatic carbocycles. The maximum absolute atomic E-state index is 14.7. The number of H-pyrrole nitrogens is 1. The van der Waals surface area contributed by atoms with Crippen LogP contribution in [0.15, 0.2) is 29.1 Å². The summed E-state index contributed by atoms with van der Waals surface area (Å²) < 4.78 is 46.0. The van der Waals surface area contributed by atoms with Crippen molar-refractivity contribution in [2.45, 2.75) is 45.1 Å². The third kappa shape index (κ3) is 5.20. The number of halogens is 3. The van der Waals surface area contributed by atoms with Crippen molar-refractivity contribution in [1.29, 1.82) is 0 Å². The first-order valence-electron chi connectivity index (χ1n) is 11.7. The lowest BCUT2D eigenvalue weighted by Crippen LogP contribution is -2.40. The van der Waals surface area contributed by atoms with Gasteiger partial charge >= 0.3 is 0 Å². The number of carbonyl (C=O) groups is 1. The van der Waals surface area contributed by atoms with Crippen molar-refractivity contribution in [3.63, 3.8) is 0 Å². The van der Waals surface area contributed by atoms with Gasteiger partial charge in [-0.2, -0.15) is 0 Å². The number of benzene rings is 1. The van der Waals surface area contributed by atoms with Gasteiger partial charge in [-0.05, 0) is 38.7 Å². The minimum absolute atomic E-state index is 0.0198. The minimum Gasteiger partial charge on any atom is -0.375 e. The lowest BCUT2D eigenvalue weighted by molar-refractivity contribution is -0.136. The van der Waals surface area contributed by atoms with Gasteiger partial charge in [0.25, 0.3) is 12.0 Å². The summed E-state index contributed by atoms with van der Waals surface area (Å²) in [6.07, 6.45) is -1.70. The standard InChI is InChI=1S/C25H28F3N5O3/c1-13(16-5-4-6-17(21(16)26)22(27)28)29-23-19-11-18(25(35)32-24(19)31-14(2)30-23)15-7-9-33(10-8-15)20(34)12-36-3/h4-6,11,13,15,22H,7-10,12H2,1-3H3,(H2,29,30,31,32,35). The van der Waals surface area contributed by atoms with E-state index in [4.69, 9.17) is 4.74 Å². The number of likely N-dealkylation sites (tertiary alicyclic amines) is 1. The van der Waals surface area contributed by atoms with Crippen molar-refractivity contribution in [3.8, 4) is 0 Å². The average molecular weight is 504 g/mol. The van der Waals surface area contributed by atoms with Crippen LogP contribution in [-0.4, -0.2) is 52.6 Å². The van der Waals surface area contributed by atoms with Gasteiger partial charge in [0.2, 0.25) is 5.91 Å². The Kier molecular flexibility index (Phi) is 7.58.